The zero-order valence-electron chi connectivity index (χ0n) is 14.7. The first-order chi connectivity index (χ1) is 11.5. The number of hydrogen-bond donors (Lipinski definition) is 0. The summed E-state index contributed by atoms with van der Waals surface area (Å²) >= 11 is 5.90. The number of rotatable bonds is 4. The first-order valence-electron chi connectivity index (χ1n) is 8.90. The minimum atomic E-state index is 0.292. The van der Waals surface area contributed by atoms with Crippen LogP contribution in [0.3, 0.4) is 0 Å². The molecule has 2 unspecified atom stereocenters. The van der Waals surface area contributed by atoms with Gasteiger partial charge in [-0.2, -0.15) is 5.10 Å². The lowest BCUT2D eigenvalue weighted by Gasteiger charge is -2.38. The summed E-state index contributed by atoms with van der Waals surface area (Å²) in [6.07, 6.45) is 4.74. The molecule has 0 saturated carbocycles. The van der Waals surface area contributed by atoms with Gasteiger partial charge in [0.1, 0.15) is 0 Å². The van der Waals surface area contributed by atoms with Gasteiger partial charge < -0.3 is 4.90 Å². The van der Waals surface area contributed by atoms with Crippen LogP contribution in [0.4, 0.5) is 0 Å². The van der Waals surface area contributed by atoms with Gasteiger partial charge in [-0.05, 0) is 18.3 Å². The van der Waals surface area contributed by atoms with E-state index in [0.717, 1.165) is 45.9 Å². The van der Waals surface area contributed by atoms with Crippen molar-refractivity contribution in [3.05, 3.63) is 17.4 Å². The first kappa shape index (κ1) is 17.7. The highest BCUT2D eigenvalue weighted by atomic mass is 35.5. The van der Waals surface area contributed by atoms with Gasteiger partial charge in [-0.15, -0.1) is 0 Å². The molecule has 2 aliphatic heterocycles. The van der Waals surface area contributed by atoms with Gasteiger partial charge in [-0.1, -0.05) is 25.4 Å². The van der Waals surface area contributed by atoms with Crippen molar-refractivity contribution in [2.45, 2.75) is 26.9 Å². The molecule has 3 rings (SSSR count). The SMILES string of the molecule is CC1CC(C)CN(C(=O)CN2CCN(Cn3cc(Cl)cn3)CC2)C1. The van der Waals surface area contributed by atoms with Crippen LogP contribution in [0.25, 0.3) is 0 Å². The van der Waals surface area contributed by atoms with E-state index in [9.17, 15) is 4.79 Å². The molecule has 1 aromatic heterocycles. The Kier molecular flexibility index (Phi) is 5.79. The molecule has 0 spiro atoms. The van der Waals surface area contributed by atoms with Crippen LogP contribution < -0.4 is 0 Å². The first-order valence-corrected chi connectivity index (χ1v) is 9.28. The normalized spacial score (nSPS) is 26.7. The van der Waals surface area contributed by atoms with E-state index in [1.165, 1.54) is 6.42 Å². The van der Waals surface area contributed by atoms with Crippen LogP contribution in [0.5, 0.6) is 0 Å². The van der Waals surface area contributed by atoms with Crippen molar-refractivity contribution in [3.8, 4) is 0 Å². The standard InChI is InChI=1S/C17H28ClN5O/c1-14-7-15(2)10-22(9-14)17(24)12-20-3-5-21(6-4-20)13-23-11-16(18)8-19-23/h8,11,14-15H,3-7,9-10,12-13H2,1-2H3. The highest BCUT2D eigenvalue weighted by Crippen LogP contribution is 2.21. The molecule has 0 aromatic carbocycles. The molecule has 7 heteroatoms. The summed E-state index contributed by atoms with van der Waals surface area (Å²) < 4.78 is 1.86. The number of nitrogens with zero attached hydrogens (tertiary/aromatic N) is 5. The predicted molar refractivity (Wildman–Crippen MR) is 94.8 cm³/mol. The van der Waals surface area contributed by atoms with Crippen LogP contribution in [-0.2, 0) is 11.5 Å². The highest BCUT2D eigenvalue weighted by Gasteiger charge is 2.27. The summed E-state index contributed by atoms with van der Waals surface area (Å²) in [7, 11) is 0. The minimum Gasteiger partial charge on any atom is -0.341 e. The summed E-state index contributed by atoms with van der Waals surface area (Å²) in [5.74, 6) is 1.53. The molecule has 6 nitrogen and oxygen atoms in total. The average molecular weight is 354 g/mol. The molecule has 0 radical (unpaired) electrons. The van der Waals surface area contributed by atoms with Crippen LogP contribution in [0.2, 0.25) is 5.02 Å². The molecule has 2 fully saturated rings. The van der Waals surface area contributed by atoms with Crippen molar-refractivity contribution in [1.82, 2.24) is 24.5 Å². The van der Waals surface area contributed by atoms with E-state index in [1.54, 1.807) is 6.20 Å². The van der Waals surface area contributed by atoms with E-state index in [2.05, 4.69) is 33.6 Å². The van der Waals surface area contributed by atoms with E-state index in [4.69, 9.17) is 11.6 Å². The van der Waals surface area contributed by atoms with Crippen molar-refractivity contribution in [2.24, 2.45) is 11.8 Å². The van der Waals surface area contributed by atoms with Gasteiger partial charge in [0.25, 0.3) is 0 Å². The van der Waals surface area contributed by atoms with Crippen molar-refractivity contribution < 1.29 is 4.79 Å². The van der Waals surface area contributed by atoms with E-state index in [-0.39, 0.29) is 0 Å². The largest absolute Gasteiger partial charge is 0.341 e. The predicted octanol–water partition coefficient (Wildman–Crippen LogP) is 1.62. The molecular weight excluding hydrogens is 326 g/mol. The van der Waals surface area contributed by atoms with Crippen LogP contribution >= 0.6 is 11.6 Å². The van der Waals surface area contributed by atoms with E-state index in [0.29, 0.717) is 29.3 Å². The molecule has 3 heterocycles. The maximum absolute atomic E-state index is 12.6. The maximum atomic E-state index is 12.6. The number of amides is 1. The fourth-order valence-corrected chi connectivity index (χ4v) is 4.02. The minimum absolute atomic E-state index is 0.292. The molecule has 2 saturated heterocycles. The number of carbonyl (C=O) groups excluding carboxylic acids is 1. The number of piperazine rings is 1. The van der Waals surface area contributed by atoms with E-state index in [1.807, 2.05) is 10.9 Å². The monoisotopic (exact) mass is 353 g/mol. The Labute approximate surface area is 149 Å². The molecule has 0 aliphatic carbocycles. The average Bonchev–Trinajstić information content (AvgIpc) is 2.93. The van der Waals surface area contributed by atoms with Crippen LogP contribution in [-0.4, -0.2) is 76.2 Å². The van der Waals surface area contributed by atoms with Crippen molar-refractivity contribution in [2.75, 3.05) is 45.8 Å². The second-order valence-corrected chi connectivity index (χ2v) is 7.91. The molecule has 2 aliphatic rings. The Bertz CT molecular complexity index is 545. The zero-order chi connectivity index (χ0) is 17.1. The van der Waals surface area contributed by atoms with Gasteiger partial charge >= 0.3 is 0 Å². The Balaban J connectivity index is 1.42. The molecule has 0 N–H and O–H groups in total. The van der Waals surface area contributed by atoms with Gasteiger partial charge in [0.2, 0.25) is 5.91 Å². The number of likely N-dealkylation sites (tertiary alicyclic amines) is 1. The maximum Gasteiger partial charge on any atom is 0.236 e. The number of carbonyl (C=O) groups is 1. The van der Waals surface area contributed by atoms with Crippen LogP contribution in [0, 0.1) is 11.8 Å². The molecule has 0 bridgehead atoms. The second-order valence-electron chi connectivity index (χ2n) is 7.48. The van der Waals surface area contributed by atoms with E-state index < -0.39 is 0 Å². The van der Waals surface area contributed by atoms with Crippen LogP contribution in [0.1, 0.15) is 20.3 Å². The molecule has 1 aromatic rings. The highest BCUT2D eigenvalue weighted by molar-refractivity contribution is 6.30. The summed E-state index contributed by atoms with van der Waals surface area (Å²) in [6, 6.07) is 0. The number of piperidine rings is 1. The third-order valence-electron chi connectivity index (χ3n) is 4.99. The lowest BCUT2D eigenvalue weighted by Crippen LogP contribution is -2.52. The number of aromatic nitrogens is 2. The van der Waals surface area contributed by atoms with Crippen LogP contribution in [0.15, 0.2) is 12.4 Å². The fraction of sp³-hybridized carbons (Fsp3) is 0.765. The van der Waals surface area contributed by atoms with Gasteiger partial charge in [-0.25, -0.2) is 0 Å². The molecule has 1 amide bonds. The Morgan fingerprint density at radius 2 is 1.79 bits per heavy atom. The number of hydrogen-bond acceptors (Lipinski definition) is 4. The summed E-state index contributed by atoms with van der Waals surface area (Å²) in [6.45, 7) is 11.4. The fourth-order valence-electron chi connectivity index (χ4n) is 3.87. The van der Waals surface area contributed by atoms with Crippen molar-refractivity contribution in [1.29, 1.82) is 0 Å². The number of halogens is 1. The Morgan fingerprint density at radius 1 is 1.17 bits per heavy atom. The lowest BCUT2D eigenvalue weighted by atomic mass is 9.92. The second kappa shape index (κ2) is 7.85. The molecule has 134 valence electrons. The Morgan fingerprint density at radius 3 is 2.38 bits per heavy atom. The molecular formula is C17H28ClN5O. The third-order valence-corrected chi connectivity index (χ3v) is 5.19. The summed E-state index contributed by atoms with van der Waals surface area (Å²) in [5, 5.41) is 4.89. The molecule has 2 atom stereocenters. The van der Waals surface area contributed by atoms with Gasteiger partial charge in [0.15, 0.2) is 0 Å². The topological polar surface area (TPSA) is 44.6 Å². The summed E-state index contributed by atoms with van der Waals surface area (Å²) in [4.78, 5) is 19.3. The third kappa shape index (κ3) is 4.71. The zero-order valence-corrected chi connectivity index (χ0v) is 15.5. The van der Waals surface area contributed by atoms with Gasteiger partial charge in [0, 0.05) is 45.5 Å². The van der Waals surface area contributed by atoms with Gasteiger partial charge in [-0.3, -0.25) is 19.3 Å². The lowest BCUT2D eigenvalue weighted by molar-refractivity contribution is -0.135. The Hall–Kier alpha value is -1.11. The smallest absolute Gasteiger partial charge is 0.236 e. The van der Waals surface area contributed by atoms with Crippen molar-refractivity contribution >= 4 is 17.5 Å². The summed E-state index contributed by atoms with van der Waals surface area (Å²) in [5.41, 5.74) is 0. The van der Waals surface area contributed by atoms with E-state index >= 15 is 0 Å². The van der Waals surface area contributed by atoms with Crippen molar-refractivity contribution in [3.63, 3.8) is 0 Å². The molecule has 24 heavy (non-hydrogen) atoms. The quantitative estimate of drug-likeness (QED) is 0.825. The van der Waals surface area contributed by atoms with Gasteiger partial charge in [0.05, 0.1) is 24.4 Å².